The Morgan fingerprint density at radius 1 is 0.960 bits per heavy atom. The van der Waals surface area contributed by atoms with E-state index in [4.69, 9.17) is 4.74 Å². The fraction of sp³-hybridized carbons (Fsp3) is 0.435. The van der Waals surface area contributed by atoms with Gasteiger partial charge in [0.2, 0.25) is 0 Å². The molecule has 130 valence electrons. The standard InChI is InChI=1S/C23H27NO/c1-3-18-5-10-20(11-6-18)21-12-7-19(8-13-21)9-14-22-15-16-23(17-24-22)25-4-2/h7-8,12-13,15-18,20H,3-6,10-11H2,1-2H3/t18-,20-. The van der Waals surface area contributed by atoms with Crippen LogP contribution in [0.25, 0.3) is 0 Å². The molecule has 0 unspecified atom stereocenters. The van der Waals surface area contributed by atoms with Crippen LogP contribution < -0.4 is 4.74 Å². The Bertz CT molecular complexity index is 713. The molecular weight excluding hydrogens is 306 g/mol. The molecule has 1 aliphatic carbocycles. The van der Waals surface area contributed by atoms with Crippen molar-refractivity contribution < 1.29 is 4.74 Å². The van der Waals surface area contributed by atoms with Gasteiger partial charge in [0.05, 0.1) is 12.8 Å². The zero-order valence-corrected chi connectivity index (χ0v) is 15.3. The number of nitrogens with zero attached hydrogens (tertiary/aromatic N) is 1. The minimum absolute atomic E-state index is 0.652. The summed E-state index contributed by atoms with van der Waals surface area (Å²) in [6, 6.07) is 12.6. The van der Waals surface area contributed by atoms with Gasteiger partial charge in [0.1, 0.15) is 11.4 Å². The summed E-state index contributed by atoms with van der Waals surface area (Å²) in [5, 5.41) is 0. The lowest BCUT2D eigenvalue weighted by Gasteiger charge is -2.28. The molecule has 1 aromatic heterocycles. The van der Waals surface area contributed by atoms with Crippen LogP contribution in [0.1, 0.15) is 68.7 Å². The van der Waals surface area contributed by atoms with E-state index in [0.29, 0.717) is 6.61 Å². The quantitative estimate of drug-likeness (QED) is 0.683. The van der Waals surface area contributed by atoms with Crippen molar-refractivity contribution in [2.75, 3.05) is 6.61 Å². The van der Waals surface area contributed by atoms with Gasteiger partial charge < -0.3 is 4.74 Å². The van der Waals surface area contributed by atoms with Crippen LogP contribution in [0.3, 0.4) is 0 Å². The lowest BCUT2D eigenvalue weighted by Crippen LogP contribution is -2.12. The number of hydrogen-bond acceptors (Lipinski definition) is 2. The van der Waals surface area contributed by atoms with E-state index in [-0.39, 0.29) is 0 Å². The molecule has 2 aromatic rings. The van der Waals surface area contributed by atoms with Crippen molar-refractivity contribution in [1.82, 2.24) is 4.98 Å². The Kier molecular flexibility index (Phi) is 6.12. The average molecular weight is 333 g/mol. The van der Waals surface area contributed by atoms with Crippen molar-refractivity contribution in [3.63, 3.8) is 0 Å². The first-order chi connectivity index (χ1) is 12.3. The van der Waals surface area contributed by atoms with E-state index in [1.165, 1.54) is 37.7 Å². The second-order valence-corrected chi connectivity index (χ2v) is 6.81. The van der Waals surface area contributed by atoms with Crippen LogP contribution in [0.2, 0.25) is 0 Å². The molecule has 1 saturated carbocycles. The highest BCUT2D eigenvalue weighted by molar-refractivity contribution is 5.42. The first kappa shape index (κ1) is 17.5. The van der Waals surface area contributed by atoms with Crippen molar-refractivity contribution in [3.05, 3.63) is 59.4 Å². The molecule has 0 aliphatic heterocycles. The second kappa shape index (κ2) is 8.72. The fourth-order valence-electron chi connectivity index (χ4n) is 3.59. The maximum atomic E-state index is 5.40. The third-order valence-electron chi connectivity index (χ3n) is 5.19. The second-order valence-electron chi connectivity index (χ2n) is 6.81. The number of benzene rings is 1. The van der Waals surface area contributed by atoms with Gasteiger partial charge in [0.15, 0.2) is 0 Å². The lowest BCUT2D eigenvalue weighted by atomic mass is 9.78. The maximum absolute atomic E-state index is 5.40. The fourth-order valence-corrected chi connectivity index (χ4v) is 3.59. The highest BCUT2D eigenvalue weighted by Gasteiger charge is 2.20. The SMILES string of the molecule is CCOc1ccc(C#Cc2ccc([C@H]3CC[C@H](CC)CC3)cc2)nc1. The van der Waals surface area contributed by atoms with E-state index in [2.05, 4.69) is 48.0 Å². The van der Waals surface area contributed by atoms with Crippen molar-refractivity contribution in [2.45, 2.75) is 51.9 Å². The minimum atomic E-state index is 0.652. The molecule has 0 saturated heterocycles. The molecule has 25 heavy (non-hydrogen) atoms. The van der Waals surface area contributed by atoms with Crippen LogP contribution in [-0.2, 0) is 0 Å². The monoisotopic (exact) mass is 333 g/mol. The van der Waals surface area contributed by atoms with Gasteiger partial charge in [-0.1, -0.05) is 31.4 Å². The molecule has 1 fully saturated rings. The van der Waals surface area contributed by atoms with E-state index < -0.39 is 0 Å². The predicted molar refractivity (Wildman–Crippen MR) is 103 cm³/mol. The van der Waals surface area contributed by atoms with Gasteiger partial charge in [0.25, 0.3) is 0 Å². The number of pyridine rings is 1. The van der Waals surface area contributed by atoms with Crippen LogP contribution >= 0.6 is 0 Å². The molecule has 1 aliphatic rings. The number of aromatic nitrogens is 1. The van der Waals surface area contributed by atoms with Crippen LogP contribution in [0.4, 0.5) is 0 Å². The van der Waals surface area contributed by atoms with Crippen molar-refractivity contribution >= 4 is 0 Å². The molecule has 0 bridgehead atoms. The molecule has 3 rings (SSSR count). The molecule has 0 spiro atoms. The van der Waals surface area contributed by atoms with E-state index in [0.717, 1.165) is 28.8 Å². The summed E-state index contributed by atoms with van der Waals surface area (Å²) in [5.74, 6) is 8.80. The normalized spacial score (nSPS) is 19.8. The summed E-state index contributed by atoms with van der Waals surface area (Å²) >= 11 is 0. The predicted octanol–water partition coefficient (Wildman–Crippen LogP) is 5.56. The minimum Gasteiger partial charge on any atom is -0.492 e. The van der Waals surface area contributed by atoms with Gasteiger partial charge in [-0.25, -0.2) is 4.98 Å². The summed E-state index contributed by atoms with van der Waals surface area (Å²) in [7, 11) is 0. The molecule has 0 atom stereocenters. The number of ether oxygens (including phenoxy) is 1. The Morgan fingerprint density at radius 2 is 1.72 bits per heavy atom. The van der Waals surface area contributed by atoms with E-state index >= 15 is 0 Å². The summed E-state index contributed by atoms with van der Waals surface area (Å²) in [6.45, 7) is 4.93. The Hall–Kier alpha value is -2.27. The molecule has 0 N–H and O–H groups in total. The molecule has 0 radical (unpaired) electrons. The summed E-state index contributed by atoms with van der Waals surface area (Å²) in [4.78, 5) is 4.32. The molecule has 2 heteroatoms. The zero-order chi connectivity index (χ0) is 17.5. The summed E-state index contributed by atoms with van der Waals surface area (Å²) in [5.41, 5.74) is 3.28. The van der Waals surface area contributed by atoms with Gasteiger partial charge in [-0.2, -0.15) is 0 Å². The van der Waals surface area contributed by atoms with E-state index in [1.807, 2.05) is 19.1 Å². The largest absolute Gasteiger partial charge is 0.492 e. The van der Waals surface area contributed by atoms with Crippen LogP contribution in [0, 0.1) is 17.8 Å². The topological polar surface area (TPSA) is 22.1 Å². The summed E-state index contributed by atoms with van der Waals surface area (Å²) < 4.78 is 5.40. The molecular formula is C23H27NO. The third-order valence-corrected chi connectivity index (χ3v) is 5.19. The van der Waals surface area contributed by atoms with E-state index in [1.54, 1.807) is 6.20 Å². The average Bonchev–Trinajstić information content (AvgIpc) is 2.68. The molecule has 2 nitrogen and oxygen atoms in total. The third kappa shape index (κ3) is 4.86. The first-order valence-corrected chi connectivity index (χ1v) is 9.49. The summed E-state index contributed by atoms with van der Waals surface area (Å²) in [6.07, 6.45) is 8.49. The van der Waals surface area contributed by atoms with Gasteiger partial charge >= 0.3 is 0 Å². The molecule has 1 aromatic carbocycles. The number of rotatable bonds is 4. The van der Waals surface area contributed by atoms with Gasteiger partial charge in [-0.05, 0) is 80.2 Å². The maximum Gasteiger partial charge on any atom is 0.137 e. The lowest BCUT2D eigenvalue weighted by molar-refractivity contribution is 0.319. The van der Waals surface area contributed by atoms with Crippen molar-refractivity contribution in [2.24, 2.45) is 5.92 Å². The van der Waals surface area contributed by atoms with Crippen molar-refractivity contribution in [3.8, 4) is 17.6 Å². The van der Waals surface area contributed by atoms with Crippen LogP contribution in [0.15, 0.2) is 42.6 Å². The highest BCUT2D eigenvalue weighted by Crippen LogP contribution is 2.36. The first-order valence-electron chi connectivity index (χ1n) is 9.49. The van der Waals surface area contributed by atoms with Gasteiger partial charge in [-0.3, -0.25) is 0 Å². The van der Waals surface area contributed by atoms with Crippen LogP contribution in [-0.4, -0.2) is 11.6 Å². The smallest absolute Gasteiger partial charge is 0.137 e. The Morgan fingerprint density at radius 3 is 2.32 bits per heavy atom. The zero-order valence-electron chi connectivity index (χ0n) is 15.3. The highest BCUT2D eigenvalue weighted by atomic mass is 16.5. The molecule has 1 heterocycles. The van der Waals surface area contributed by atoms with Crippen molar-refractivity contribution in [1.29, 1.82) is 0 Å². The molecule has 0 amide bonds. The van der Waals surface area contributed by atoms with Gasteiger partial charge in [-0.15, -0.1) is 0 Å². The van der Waals surface area contributed by atoms with Crippen LogP contribution in [0.5, 0.6) is 5.75 Å². The number of hydrogen-bond donors (Lipinski definition) is 0. The Balaban J connectivity index is 1.61. The van der Waals surface area contributed by atoms with E-state index in [9.17, 15) is 0 Å². The Labute approximate surface area is 151 Å². The van der Waals surface area contributed by atoms with Gasteiger partial charge in [0, 0.05) is 5.56 Å².